The molecule has 0 saturated carbocycles. The van der Waals surface area contributed by atoms with Crippen LogP contribution >= 0.6 is 15.9 Å². The first-order valence-electron chi connectivity index (χ1n) is 8.34. The molecule has 0 saturated heterocycles. The Labute approximate surface area is 160 Å². The molecule has 128 valence electrons. The van der Waals surface area contributed by atoms with Crippen LogP contribution in [0.2, 0.25) is 0 Å². The number of anilines is 1. The number of nitrogens with one attached hydrogen (secondary N) is 1. The summed E-state index contributed by atoms with van der Waals surface area (Å²) in [6.07, 6.45) is 1.77. The number of hydrogen-bond donors (Lipinski definition) is 1. The zero-order chi connectivity index (χ0) is 17.8. The molecule has 0 atom stereocenters. The van der Waals surface area contributed by atoms with Gasteiger partial charge in [0.15, 0.2) is 5.82 Å². The van der Waals surface area contributed by atoms with E-state index in [1.165, 1.54) is 5.56 Å². The molecule has 5 heteroatoms. The van der Waals surface area contributed by atoms with Gasteiger partial charge in [0.2, 0.25) is 0 Å². The van der Waals surface area contributed by atoms with Crippen LogP contribution in [-0.2, 0) is 6.54 Å². The first-order chi connectivity index (χ1) is 12.8. The van der Waals surface area contributed by atoms with E-state index in [9.17, 15) is 0 Å². The zero-order valence-electron chi connectivity index (χ0n) is 14.0. The second kappa shape index (κ2) is 7.54. The fourth-order valence-electron chi connectivity index (χ4n) is 2.84. The Morgan fingerprint density at radius 2 is 1.65 bits per heavy atom. The SMILES string of the molecule is Brc1ccccc1NN=Cc1nc2ccccc2n1Cc1ccccc1. The van der Waals surface area contributed by atoms with Crippen molar-refractivity contribution in [1.82, 2.24) is 9.55 Å². The lowest BCUT2D eigenvalue weighted by Crippen LogP contribution is -2.05. The lowest BCUT2D eigenvalue weighted by molar-refractivity contribution is 0.816. The third kappa shape index (κ3) is 3.53. The molecule has 26 heavy (non-hydrogen) atoms. The fraction of sp³-hybridized carbons (Fsp3) is 0.0476. The minimum absolute atomic E-state index is 0.748. The van der Waals surface area contributed by atoms with E-state index in [1.54, 1.807) is 6.21 Å². The number of halogens is 1. The Bertz CT molecular complexity index is 1050. The summed E-state index contributed by atoms with van der Waals surface area (Å²) in [4.78, 5) is 4.72. The summed E-state index contributed by atoms with van der Waals surface area (Å²) in [5.74, 6) is 0.814. The highest BCUT2D eigenvalue weighted by Gasteiger charge is 2.09. The third-order valence-electron chi connectivity index (χ3n) is 4.11. The number of hydrogen-bond acceptors (Lipinski definition) is 3. The van der Waals surface area contributed by atoms with Gasteiger partial charge in [-0.3, -0.25) is 5.43 Å². The average molecular weight is 405 g/mol. The molecule has 0 spiro atoms. The number of para-hydroxylation sites is 3. The molecule has 0 radical (unpaired) electrons. The van der Waals surface area contributed by atoms with Gasteiger partial charge in [-0.2, -0.15) is 5.10 Å². The number of benzene rings is 3. The standard InChI is InChI=1S/C21H17BrN4/c22-17-10-4-5-11-18(17)25-23-14-21-24-19-12-6-7-13-20(19)26(21)15-16-8-2-1-3-9-16/h1-14,25H,15H2. The molecule has 0 amide bonds. The summed E-state index contributed by atoms with van der Waals surface area (Å²) in [5, 5.41) is 4.38. The Morgan fingerprint density at radius 1 is 0.923 bits per heavy atom. The second-order valence-corrected chi connectivity index (χ2v) is 6.73. The van der Waals surface area contributed by atoms with Gasteiger partial charge in [-0.05, 0) is 45.8 Å². The largest absolute Gasteiger partial charge is 0.319 e. The van der Waals surface area contributed by atoms with Crippen molar-refractivity contribution in [1.29, 1.82) is 0 Å². The number of nitrogens with zero attached hydrogens (tertiary/aromatic N) is 3. The van der Waals surface area contributed by atoms with Gasteiger partial charge >= 0.3 is 0 Å². The number of aromatic nitrogens is 2. The van der Waals surface area contributed by atoms with Crippen molar-refractivity contribution in [3.63, 3.8) is 0 Å². The summed E-state index contributed by atoms with van der Waals surface area (Å²) in [6, 6.07) is 26.4. The average Bonchev–Trinajstić information content (AvgIpc) is 3.02. The van der Waals surface area contributed by atoms with Crippen LogP contribution in [0.4, 0.5) is 5.69 Å². The molecule has 3 aromatic carbocycles. The van der Waals surface area contributed by atoms with Crippen molar-refractivity contribution in [2.24, 2.45) is 5.10 Å². The lowest BCUT2D eigenvalue weighted by atomic mass is 10.2. The molecule has 4 nitrogen and oxygen atoms in total. The molecule has 1 aromatic heterocycles. The highest BCUT2D eigenvalue weighted by molar-refractivity contribution is 9.10. The lowest BCUT2D eigenvalue weighted by Gasteiger charge is -2.07. The Morgan fingerprint density at radius 3 is 2.50 bits per heavy atom. The quantitative estimate of drug-likeness (QED) is 0.362. The molecule has 0 aliphatic carbocycles. The van der Waals surface area contributed by atoms with Crippen molar-refractivity contribution in [2.45, 2.75) is 6.54 Å². The first-order valence-corrected chi connectivity index (χ1v) is 9.13. The zero-order valence-corrected chi connectivity index (χ0v) is 15.6. The molecule has 0 bridgehead atoms. The van der Waals surface area contributed by atoms with E-state index in [4.69, 9.17) is 4.98 Å². The summed E-state index contributed by atoms with van der Waals surface area (Å²) >= 11 is 3.51. The highest BCUT2D eigenvalue weighted by Crippen LogP contribution is 2.21. The van der Waals surface area contributed by atoms with Gasteiger partial charge in [-0.1, -0.05) is 54.6 Å². The maximum atomic E-state index is 4.72. The molecular formula is C21H17BrN4. The van der Waals surface area contributed by atoms with Gasteiger partial charge in [-0.25, -0.2) is 4.98 Å². The Balaban J connectivity index is 1.67. The maximum absolute atomic E-state index is 4.72. The van der Waals surface area contributed by atoms with Crippen molar-refractivity contribution in [3.8, 4) is 0 Å². The van der Waals surface area contributed by atoms with E-state index in [2.05, 4.69) is 61.4 Å². The van der Waals surface area contributed by atoms with E-state index in [1.807, 2.05) is 48.5 Å². The highest BCUT2D eigenvalue weighted by atomic mass is 79.9. The number of imidazole rings is 1. The molecule has 4 aromatic rings. The Kier molecular flexibility index (Phi) is 4.80. The van der Waals surface area contributed by atoms with Gasteiger partial charge in [0, 0.05) is 11.0 Å². The predicted octanol–water partition coefficient (Wildman–Crippen LogP) is 5.29. The van der Waals surface area contributed by atoms with Gasteiger partial charge < -0.3 is 4.57 Å². The molecule has 0 fully saturated rings. The van der Waals surface area contributed by atoms with Crippen LogP contribution in [0.5, 0.6) is 0 Å². The van der Waals surface area contributed by atoms with Crippen LogP contribution < -0.4 is 5.43 Å². The van der Waals surface area contributed by atoms with E-state index in [0.29, 0.717) is 0 Å². The fourth-order valence-corrected chi connectivity index (χ4v) is 3.21. The predicted molar refractivity (Wildman–Crippen MR) is 111 cm³/mol. The molecule has 4 rings (SSSR count). The van der Waals surface area contributed by atoms with Crippen LogP contribution in [0, 0.1) is 0 Å². The van der Waals surface area contributed by atoms with Crippen molar-refractivity contribution < 1.29 is 0 Å². The van der Waals surface area contributed by atoms with E-state index in [0.717, 1.165) is 33.6 Å². The van der Waals surface area contributed by atoms with Crippen molar-refractivity contribution >= 4 is 38.9 Å². The second-order valence-electron chi connectivity index (χ2n) is 5.88. The monoisotopic (exact) mass is 404 g/mol. The van der Waals surface area contributed by atoms with E-state index < -0.39 is 0 Å². The van der Waals surface area contributed by atoms with Crippen LogP contribution in [0.25, 0.3) is 11.0 Å². The minimum atomic E-state index is 0.748. The first kappa shape index (κ1) is 16.5. The third-order valence-corrected chi connectivity index (χ3v) is 4.80. The van der Waals surface area contributed by atoms with E-state index >= 15 is 0 Å². The molecule has 0 unspecified atom stereocenters. The molecule has 0 aliphatic rings. The molecule has 0 aliphatic heterocycles. The van der Waals surface area contributed by atoms with Crippen molar-refractivity contribution in [2.75, 3.05) is 5.43 Å². The van der Waals surface area contributed by atoms with Crippen LogP contribution in [-0.4, -0.2) is 15.8 Å². The molecule has 1 heterocycles. The van der Waals surface area contributed by atoms with Gasteiger partial charge in [0.25, 0.3) is 0 Å². The minimum Gasteiger partial charge on any atom is -0.319 e. The van der Waals surface area contributed by atoms with Crippen LogP contribution in [0.3, 0.4) is 0 Å². The molecular weight excluding hydrogens is 388 g/mol. The van der Waals surface area contributed by atoms with Crippen molar-refractivity contribution in [3.05, 3.63) is 94.7 Å². The summed E-state index contributed by atoms with van der Waals surface area (Å²) < 4.78 is 3.14. The number of fused-ring (bicyclic) bond motifs is 1. The topological polar surface area (TPSA) is 42.2 Å². The van der Waals surface area contributed by atoms with Gasteiger partial charge in [0.1, 0.15) is 0 Å². The maximum Gasteiger partial charge on any atom is 0.154 e. The van der Waals surface area contributed by atoms with Crippen LogP contribution in [0.1, 0.15) is 11.4 Å². The summed E-state index contributed by atoms with van der Waals surface area (Å²) in [7, 11) is 0. The summed E-state index contributed by atoms with van der Waals surface area (Å²) in [5.41, 5.74) is 7.26. The summed E-state index contributed by atoms with van der Waals surface area (Å²) in [6.45, 7) is 0.748. The van der Waals surface area contributed by atoms with Crippen LogP contribution in [0.15, 0.2) is 88.4 Å². The number of hydrazone groups is 1. The Hall–Kier alpha value is -2.92. The molecule has 1 N–H and O–H groups in total. The van der Waals surface area contributed by atoms with Gasteiger partial charge in [-0.15, -0.1) is 0 Å². The smallest absolute Gasteiger partial charge is 0.154 e. The number of rotatable bonds is 5. The van der Waals surface area contributed by atoms with Gasteiger partial charge in [0.05, 0.1) is 22.9 Å². The van der Waals surface area contributed by atoms with E-state index in [-0.39, 0.29) is 0 Å². The normalized spacial score (nSPS) is 11.3.